The number of nitrogens with one attached hydrogen (secondary N) is 1. The van der Waals surface area contributed by atoms with E-state index < -0.39 is 20.0 Å². The van der Waals surface area contributed by atoms with Crippen molar-refractivity contribution in [2.75, 3.05) is 40.9 Å². The van der Waals surface area contributed by atoms with E-state index in [9.17, 15) is 19.4 Å². The molecule has 0 fully saturated rings. The van der Waals surface area contributed by atoms with Crippen LogP contribution in [0.15, 0.2) is 60.8 Å². The molecular weight excluding hydrogens is 924 g/mol. The molecule has 0 aromatic carbocycles. The Morgan fingerprint density at radius 3 is 1.18 bits per heavy atom. The molecule has 0 aliphatic carbocycles. The second-order valence-corrected chi connectivity index (χ2v) is 23.9. The zero-order valence-corrected chi connectivity index (χ0v) is 49.8. The maximum atomic E-state index is 13.0. The molecule has 0 aromatic heterocycles. The van der Waals surface area contributed by atoms with Gasteiger partial charge in [0.15, 0.2) is 0 Å². The van der Waals surface area contributed by atoms with Crippen LogP contribution < -0.4 is 5.32 Å². The minimum absolute atomic E-state index is 0.0527. The number of nitrogens with zero attached hydrogens (tertiary/aromatic N) is 1. The zero-order valence-electron chi connectivity index (χ0n) is 48.9. The first-order chi connectivity index (χ1) is 35.5. The summed E-state index contributed by atoms with van der Waals surface area (Å²) in [5.41, 5.74) is 0. The quantitative estimate of drug-likeness (QED) is 0.0243. The maximum Gasteiger partial charge on any atom is 0.472 e. The van der Waals surface area contributed by atoms with E-state index in [0.717, 1.165) is 51.4 Å². The van der Waals surface area contributed by atoms with Gasteiger partial charge >= 0.3 is 7.82 Å². The predicted octanol–water partition coefficient (Wildman–Crippen LogP) is 19.3. The topological polar surface area (TPSA) is 105 Å². The summed E-state index contributed by atoms with van der Waals surface area (Å²) < 4.78 is 23.7. The lowest BCUT2D eigenvalue weighted by Crippen LogP contribution is -2.45. The fraction of sp³-hybridized carbons (Fsp3) is 0.828. The highest BCUT2D eigenvalue weighted by Crippen LogP contribution is 2.43. The summed E-state index contributed by atoms with van der Waals surface area (Å²) in [5.74, 6) is -0.189. The Morgan fingerprint density at radius 2 is 0.795 bits per heavy atom. The van der Waals surface area contributed by atoms with Gasteiger partial charge in [-0.1, -0.05) is 267 Å². The van der Waals surface area contributed by atoms with Crippen LogP contribution in [0.4, 0.5) is 0 Å². The Bertz CT molecular complexity index is 1370. The van der Waals surface area contributed by atoms with Gasteiger partial charge in [0.25, 0.3) is 0 Å². The lowest BCUT2D eigenvalue weighted by Gasteiger charge is -2.25. The van der Waals surface area contributed by atoms with E-state index in [1.165, 1.54) is 218 Å². The van der Waals surface area contributed by atoms with Gasteiger partial charge in [-0.15, -0.1) is 0 Å². The molecule has 0 aromatic rings. The van der Waals surface area contributed by atoms with E-state index in [-0.39, 0.29) is 19.1 Å². The average molecular weight is 1050 g/mol. The van der Waals surface area contributed by atoms with Gasteiger partial charge in [0.2, 0.25) is 5.91 Å². The predicted molar refractivity (Wildman–Crippen MR) is 318 cm³/mol. The van der Waals surface area contributed by atoms with Crippen molar-refractivity contribution in [1.29, 1.82) is 0 Å². The van der Waals surface area contributed by atoms with E-state index in [4.69, 9.17) is 9.05 Å². The van der Waals surface area contributed by atoms with Gasteiger partial charge in [0.1, 0.15) is 13.2 Å². The Morgan fingerprint density at radius 1 is 0.466 bits per heavy atom. The Labute approximate surface area is 453 Å². The van der Waals surface area contributed by atoms with E-state index in [0.29, 0.717) is 17.4 Å². The lowest BCUT2D eigenvalue weighted by atomic mass is 10.0. The summed E-state index contributed by atoms with van der Waals surface area (Å²) in [5, 5.41) is 13.9. The molecule has 0 radical (unpaired) electrons. The molecule has 9 heteroatoms. The Kier molecular flexibility index (Phi) is 53.6. The smallest absolute Gasteiger partial charge is 0.387 e. The van der Waals surface area contributed by atoms with E-state index >= 15 is 0 Å². The molecule has 8 nitrogen and oxygen atoms in total. The molecule has 0 bridgehead atoms. The van der Waals surface area contributed by atoms with Crippen molar-refractivity contribution in [3.63, 3.8) is 0 Å². The summed E-state index contributed by atoms with van der Waals surface area (Å²) in [6.07, 6.45) is 74.8. The first-order valence-electron chi connectivity index (χ1n) is 31.2. The van der Waals surface area contributed by atoms with Gasteiger partial charge in [0.05, 0.1) is 39.9 Å². The molecule has 3 N–H and O–H groups in total. The van der Waals surface area contributed by atoms with Crippen molar-refractivity contribution < 1.29 is 32.9 Å². The fourth-order valence-electron chi connectivity index (χ4n) is 9.05. The molecule has 0 saturated heterocycles. The number of hydrogen-bond acceptors (Lipinski definition) is 5. The van der Waals surface area contributed by atoms with Crippen LogP contribution in [-0.2, 0) is 18.4 Å². The average Bonchev–Trinajstić information content (AvgIpc) is 3.35. The number of carbonyl (C=O) groups is 1. The number of quaternary nitrogens is 1. The van der Waals surface area contributed by atoms with Crippen LogP contribution in [0.5, 0.6) is 0 Å². The zero-order chi connectivity index (χ0) is 53.5. The molecule has 428 valence electrons. The molecular formula is C64H122N2O6P+. The molecule has 0 rings (SSSR count). The van der Waals surface area contributed by atoms with Crippen LogP contribution in [0.1, 0.15) is 290 Å². The third kappa shape index (κ3) is 57.7. The van der Waals surface area contributed by atoms with Crippen molar-refractivity contribution in [2.45, 2.75) is 302 Å². The van der Waals surface area contributed by atoms with Crippen molar-refractivity contribution >= 4 is 13.7 Å². The summed E-state index contributed by atoms with van der Waals surface area (Å²) in [7, 11) is 1.55. The first-order valence-corrected chi connectivity index (χ1v) is 32.7. The number of amides is 1. The molecule has 0 heterocycles. The number of carbonyl (C=O) groups excluding carboxylic acids is 1. The summed E-state index contributed by atoms with van der Waals surface area (Å²) in [4.78, 5) is 23.3. The SMILES string of the molecule is CCCCCCC/C=C\C/C=C\CCCCCCCCCCCCCCCCCC(=O)NC(COP(=O)(O)OCC[N+](C)(C)C)C(O)/C=C/CC/C=C/CC/C=C/CCCCCCCCCCCCCCCC. The van der Waals surface area contributed by atoms with Crippen LogP contribution in [0.3, 0.4) is 0 Å². The standard InChI is InChI=1S/C64H121N2O6P/c1-6-8-10-12-14-16-18-20-22-24-26-28-30-32-33-34-36-38-40-42-44-46-48-50-52-54-56-58-64(68)65-62(61-72-73(69,70)71-60-59-66(3,4)5)63(67)57-55-53-51-49-47-45-43-41-39-37-35-31-29-27-25-23-21-19-17-15-13-11-9-7-2/h18,20,24,26,39,41,47,49,55,57,62-63,67H,6-17,19,21-23,25,27-38,40,42-46,48,50-54,56,58-61H2,1-5H3,(H-,65,68,69,70)/p+1/b20-18-,26-24-,41-39+,49-47+,57-55+. The Hall–Kier alpha value is -1.80. The van der Waals surface area contributed by atoms with Crippen molar-refractivity contribution in [3.8, 4) is 0 Å². The number of unbranched alkanes of at least 4 members (excludes halogenated alkanes) is 36. The first kappa shape index (κ1) is 71.2. The van der Waals surface area contributed by atoms with E-state index in [1.54, 1.807) is 6.08 Å². The van der Waals surface area contributed by atoms with Crippen molar-refractivity contribution in [3.05, 3.63) is 60.8 Å². The van der Waals surface area contributed by atoms with Crippen LogP contribution in [-0.4, -0.2) is 73.4 Å². The number of aliphatic hydroxyl groups is 1. The number of phosphoric ester groups is 1. The van der Waals surface area contributed by atoms with Crippen LogP contribution in [0.2, 0.25) is 0 Å². The maximum absolute atomic E-state index is 13.0. The molecule has 73 heavy (non-hydrogen) atoms. The normalized spacial score (nSPS) is 14.2. The highest BCUT2D eigenvalue weighted by atomic mass is 31.2. The van der Waals surface area contributed by atoms with Crippen molar-refractivity contribution in [1.82, 2.24) is 5.32 Å². The highest BCUT2D eigenvalue weighted by Gasteiger charge is 2.27. The molecule has 0 aliphatic rings. The van der Waals surface area contributed by atoms with Crippen LogP contribution in [0, 0.1) is 0 Å². The Balaban J connectivity index is 4.22. The van der Waals surface area contributed by atoms with E-state index in [1.807, 2.05) is 27.2 Å². The van der Waals surface area contributed by atoms with Gasteiger partial charge < -0.3 is 19.8 Å². The monoisotopic (exact) mass is 1050 g/mol. The second-order valence-electron chi connectivity index (χ2n) is 22.4. The van der Waals surface area contributed by atoms with Gasteiger partial charge in [0, 0.05) is 6.42 Å². The van der Waals surface area contributed by atoms with Crippen LogP contribution in [0.25, 0.3) is 0 Å². The number of allylic oxidation sites excluding steroid dienone is 9. The molecule has 3 atom stereocenters. The largest absolute Gasteiger partial charge is 0.472 e. The number of rotatable bonds is 57. The van der Waals surface area contributed by atoms with Crippen LogP contribution >= 0.6 is 7.82 Å². The minimum atomic E-state index is -4.36. The molecule has 1 amide bonds. The minimum Gasteiger partial charge on any atom is -0.387 e. The molecule has 0 spiro atoms. The third-order valence-corrected chi connectivity index (χ3v) is 14.9. The molecule has 0 aliphatic heterocycles. The number of hydrogen-bond donors (Lipinski definition) is 3. The van der Waals surface area contributed by atoms with Gasteiger partial charge in [-0.3, -0.25) is 13.8 Å². The number of likely N-dealkylation sites (N-methyl/N-ethyl adjacent to an activating group) is 1. The molecule has 0 saturated carbocycles. The number of phosphoric acid groups is 1. The van der Waals surface area contributed by atoms with Gasteiger partial charge in [-0.2, -0.15) is 0 Å². The summed E-state index contributed by atoms with van der Waals surface area (Å²) >= 11 is 0. The number of aliphatic hydroxyl groups excluding tert-OH is 1. The van der Waals surface area contributed by atoms with E-state index in [2.05, 4.69) is 67.8 Å². The van der Waals surface area contributed by atoms with Crippen molar-refractivity contribution in [2.24, 2.45) is 0 Å². The highest BCUT2D eigenvalue weighted by molar-refractivity contribution is 7.47. The summed E-state index contributed by atoms with van der Waals surface area (Å²) in [6, 6.07) is -0.872. The third-order valence-electron chi connectivity index (χ3n) is 13.9. The summed E-state index contributed by atoms with van der Waals surface area (Å²) in [6.45, 7) is 4.81. The molecule has 3 unspecified atom stereocenters. The van der Waals surface area contributed by atoms with Gasteiger partial charge in [-0.05, 0) is 77.0 Å². The lowest BCUT2D eigenvalue weighted by molar-refractivity contribution is -0.870. The second kappa shape index (κ2) is 55.0. The fourth-order valence-corrected chi connectivity index (χ4v) is 9.78. The van der Waals surface area contributed by atoms with Gasteiger partial charge in [-0.25, -0.2) is 4.57 Å².